The number of carbonyl (C=O) groups excluding carboxylic acids is 1. The number of fused-ring (bicyclic) bond motifs is 1. The number of anilines is 2. The van der Waals surface area contributed by atoms with E-state index in [9.17, 15) is 13.2 Å². The van der Waals surface area contributed by atoms with Crippen LogP contribution in [0.1, 0.15) is 5.56 Å². The van der Waals surface area contributed by atoms with Gasteiger partial charge >= 0.3 is 0 Å². The van der Waals surface area contributed by atoms with E-state index in [1.54, 1.807) is 18.2 Å². The number of benzene rings is 4. The zero-order valence-corrected chi connectivity index (χ0v) is 20.0. The van der Waals surface area contributed by atoms with Gasteiger partial charge in [-0.1, -0.05) is 71.2 Å². The molecule has 0 aliphatic heterocycles. The van der Waals surface area contributed by atoms with Crippen LogP contribution in [0, 0.1) is 6.92 Å². The first-order valence-electron chi connectivity index (χ1n) is 10.1. The molecule has 0 aromatic heterocycles. The Bertz CT molecular complexity index is 1420. The van der Waals surface area contributed by atoms with E-state index in [0.29, 0.717) is 5.69 Å². The van der Waals surface area contributed by atoms with Crippen molar-refractivity contribution in [2.24, 2.45) is 0 Å². The Morgan fingerprint density at radius 1 is 0.848 bits per heavy atom. The van der Waals surface area contributed by atoms with Crippen molar-refractivity contribution in [2.45, 2.75) is 11.8 Å². The Balaban J connectivity index is 1.67. The average molecular weight is 499 g/mol. The van der Waals surface area contributed by atoms with Gasteiger partial charge in [0, 0.05) is 15.7 Å². The SMILES string of the molecule is Cc1ccc(S(=O)(=O)N(CC(=O)Nc2ccc3ccccc3c2)c2cc(Cl)cc(Cl)c2)cc1. The molecule has 168 valence electrons. The summed E-state index contributed by atoms with van der Waals surface area (Å²) in [4.78, 5) is 13.0. The maximum Gasteiger partial charge on any atom is 0.264 e. The summed E-state index contributed by atoms with van der Waals surface area (Å²) < 4.78 is 28.0. The van der Waals surface area contributed by atoms with Gasteiger partial charge in [-0.2, -0.15) is 0 Å². The molecule has 8 heteroatoms. The molecule has 33 heavy (non-hydrogen) atoms. The van der Waals surface area contributed by atoms with Crippen LogP contribution in [-0.4, -0.2) is 20.9 Å². The summed E-state index contributed by atoms with van der Waals surface area (Å²) in [6.07, 6.45) is 0. The van der Waals surface area contributed by atoms with E-state index in [0.717, 1.165) is 20.6 Å². The van der Waals surface area contributed by atoms with Gasteiger partial charge in [0.25, 0.3) is 10.0 Å². The first-order chi connectivity index (χ1) is 15.7. The summed E-state index contributed by atoms with van der Waals surface area (Å²) in [6, 6.07) is 24.1. The summed E-state index contributed by atoms with van der Waals surface area (Å²) in [7, 11) is -4.07. The minimum absolute atomic E-state index is 0.0581. The number of aryl methyl sites for hydroxylation is 1. The Labute approximate surface area is 202 Å². The second-order valence-electron chi connectivity index (χ2n) is 7.56. The fourth-order valence-electron chi connectivity index (χ4n) is 3.43. The summed E-state index contributed by atoms with van der Waals surface area (Å²) >= 11 is 12.3. The predicted octanol–water partition coefficient (Wildman–Crippen LogP) is 6.29. The van der Waals surface area contributed by atoms with E-state index < -0.39 is 22.5 Å². The summed E-state index contributed by atoms with van der Waals surface area (Å²) in [6.45, 7) is 1.40. The van der Waals surface area contributed by atoms with Crippen molar-refractivity contribution in [2.75, 3.05) is 16.2 Å². The monoisotopic (exact) mass is 498 g/mol. The molecule has 0 heterocycles. The molecule has 1 amide bonds. The molecule has 0 spiro atoms. The number of amides is 1. The molecular formula is C25H20Cl2N2O3S. The number of carbonyl (C=O) groups is 1. The first-order valence-corrected chi connectivity index (χ1v) is 12.3. The molecule has 0 fully saturated rings. The zero-order chi connectivity index (χ0) is 23.6. The van der Waals surface area contributed by atoms with Crippen LogP contribution >= 0.6 is 23.2 Å². The van der Waals surface area contributed by atoms with Gasteiger partial charge < -0.3 is 5.32 Å². The molecule has 0 aliphatic rings. The van der Waals surface area contributed by atoms with Crippen LogP contribution in [0.25, 0.3) is 10.8 Å². The molecule has 0 bridgehead atoms. The topological polar surface area (TPSA) is 66.5 Å². The Hall–Kier alpha value is -3.06. The normalized spacial score (nSPS) is 11.4. The van der Waals surface area contributed by atoms with E-state index >= 15 is 0 Å². The second-order valence-corrected chi connectivity index (χ2v) is 10.3. The van der Waals surface area contributed by atoms with Crippen molar-refractivity contribution in [1.29, 1.82) is 0 Å². The minimum Gasteiger partial charge on any atom is -0.324 e. The van der Waals surface area contributed by atoms with E-state index in [-0.39, 0.29) is 20.6 Å². The van der Waals surface area contributed by atoms with Crippen LogP contribution in [-0.2, 0) is 14.8 Å². The number of hydrogen-bond acceptors (Lipinski definition) is 3. The van der Waals surface area contributed by atoms with Crippen molar-refractivity contribution in [3.8, 4) is 0 Å². The molecular weight excluding hydrogens is 479 g/mol. The molecule has 5 nitrogen and oxygen atoms in total. The van der Waals surface area contributed by atoms with Gasteiger partial charge in [0.1, 0.15) is 6.54 Å². The van der Waals surface area contributed by atoms with Gasteiger partial charge in [-0.3, -0.25) is 9.10 Å². The summed E-state index contributed by atoms with van der Waals surface area (Å²) in [5, 5.41) is 5.30. The third-order valence-electron chi connectivity index (χ3n) is 5.06. The van der Waals surface area contributed by atoms with E-state index in [2.05, 4.69) is 5.32 Å². The fourth-order valence-corrected chi connectivity index (χ4v) is 5.35. The lowest BCUT2D eigenvalue weighted by molar-refractivity contribution is -0.114. The third kappa shape index (κ3) is 5.30. The van der Waals surface area contributed by atoms with E-state index in [1.165, 1.54) is 30.3 Å². The number of rotatable bonds is 6. The highest BCUT2D eigenvalue weighted by Crippen LogP contribution is 2.30. The molecule has 0 atom stereocenters. The van der Waals surface area contributed by atoms with Crippen molar-refractivity contribution in [3.63, 3.8) is 0 Å². The van der Waals surface area contributed by atoms with Gasteiger partial charge in [-0.25, -0.2) is 8.42 Å². The predicted molar refractivity (Wildman–Crippen MR) is 135 cm³/mol. The molecule has 0 unspecified atom stereocenters. The fraction of sp³-hybridized carbons (Fsp3) is 0.0800. The van der Waals surface area contributed by atoms with Gasteiger partial charge in [-0.05, 0) is 60.2 Å². The highest BCUT2D eigenvalue weighted by molar-refractivity contribution is 7.92. The number of sulfonamides is 1. The number of nitrogens with one attached hydrogen (secondary N) is 1. The van der Waals surface area contributed by atoms with Crippen LogP contribution in [0.5, 0.6) is 0 Å². The Morgan fingerprint density at radius 3 is 2.15 bits per heavy atom. The van der Waals surface area contributed by atoms with Crippen molar-refractivity contribution in [3.05, 3.63) is 101 Å². The first kappa shape index (κ1) is 23.1. The quantitative estimate of drug-likeness (QED) is 0.339. The van der Waals surface area contributed by atoms with Crippen LogP contribution in [0.15, 0.2) is 89.8 Å². The maximum atomic E-state index is 13.5. The molecule has 0 aliphatic carbocycles. The Morgan fingerprint density at radius 2 is 1.48 bits per heavy atom. The molecule has 4 rings (SSSR count). The highest BCUT2D eigenvalue weighted by atomic mass is 35.5. The summed E-state index contributed by atoms with van der Waals surface area (Å²) in [5.41, 5.74) is 1.68. The van der Waals surface area contributed by atoms with Gasteiger partial charge in [0.2, 0.25) is 5.91 Å². The van der Waals surface area contributed by atoms with Gasteiger partial charge in [0.05, 0.1) is 10.6 Å². The van der Waals surface area contributed by atoms with E-state index in [1.807, 2.05) is 43.3 Å². The van der Waals surface area contributed by atoms with Gasteiger partial charge in [-0.15, -0.1) is 0 Å². The number of halogens is 2. The summed E-state index contributed by atoms with van der Waals surface area (Å²) in [5.74, 6) is -0.503. The molecule has 0 radical (unpaired) electrons. The third-order valence-corrected chi connectivity index (χ3v) is 7.29. The van der Waals surface area contributed by atoms with Crippen LogP contribution in [0.4, 0.5) is 11.4 Å². The van der Waals surface area contributed by atoms with Gasteiger partial charge in [0.15, 0.2) is 0 Å². The molecule has 0 saturated carbocycles. The zero-order valence-electron chi connectivity index (χ0n) is 17.6. The minimum atomic E-state index is -4.07. The van der Waals surface area contributed by atoms with Crippen LogP contribution < -0.4 is 9.62 Å². The lowest BCUT2D eigenvalue weighted by Crippen LogP contribution is -2.38. The largest absolute Gasteiger partial charge is 0.324 e. The highest BCUT2D eigenvalue weighted by Gasteiger charge is 2.28. The maximum absolute atomic E-state index is 13.5. The van der Waals surface area contributed by atoms with Crippen molar-refractivity contribution in [1.82, 2.24) is 0 Å². The Kier molecular flexibility index (Phi) is 6.61. The lowest BCUT2D eigenvalue weighted by atomic mass is 10.1. The lowest BCUT2D eigenvalue weighted by Gasteiger charge is -2.24. The number of hydrogen-bond donors (Lipinski definition) is 1. The van der Waals surface area contributed by atoms with Crippen molar-refractivity contribution < 1.29 is 13.2 Å². The molecule has 4 aromatic rings. The van der Waals surface area contributed by atoms with E-state index in [4.69, 9.17) is 23.2 Å². The van der Waals surface area contributed by atoms with Crippen LogP contribution in [0.3, 0.4) is 0 Å². The second kappa shape index (κ2) is 9.43. The molecule has 1 N–H and O–H groups in total. The number of nitrogens with zero attached hydrogens (tertiary/aromatic N) is 1. The molecule has 4 aromatic carbocycles. The molecule has 0 saturated heterocycles. The smallest absolute Gasteiger partial charge is 0.264 e. The standard InChI is InChI=1S/C25H20Cl2N2O3S/c1-17-6-10-24(11-7-17)33(31,32)29(23-14-20(26)13-21(27)15-23)16-25(30)28-22-9-8-18-4-2-3-5-19(18)12-22/h2-15H,16H2,1H3,(H,28,30). The van der Waals surface area contributed by atoms with Crippen molar-refractivity contribution >= 4 is 61.3 Å². The average Bonchev–Trinajstić information content (AvgIpc) is 2.77. The van der Waals surface area contributed by atoms with Crippen LogP contribution in [0.2, 0.25) is 10.0 Å².